The Morgan fingerprint density at radius 3 is 2.58 bits per heavy atom. The fourth-order valence-corrected chi connectivity index (χ4v) is 3.05. The number of rotatable bonds is 8. The van der Waals surface area contributed by atoms with E-state index in [4.69, 9.17) is 9.47 Å². The summed E-state index contributed by atoms with van der Waals surface area (Å²) in [5.74, 6) is 0.578. The summed E-state index contributed by atoms with van der Waals surface area (Å²) in [6.07, 6.45) is 4.92. The number of aliphatic hydroxyl groups is 1. The van der Waals surface area contributed by atoms with Crippen molar-refractivity contribution in [3.8, 4) is 17.4 Å². The SMILES string of the molecule is C[C@@H](CO)Oc1cc(Oc2cnc(C(=O)N3CCC3)cn2)cc(C(=O)Nc2ccn(C)n2)c1. The van der Waals surface area contributed by atoms with E-state index in [1.165, 1.54) is 24.5 Å². The molecule has 3 heterocycles. The molecule has 172 valence electrons. The third-order valence-corrected chi connectivity index (χ3v) is 4.90. The van der Waals surface area contributed by atoms with Crippen molar-refractivity contribution in [3.05, 3.63) is 54.1 Å². The minimum atomic E-state index is -0.487. The molecular formula is C22H24N6O5. The summed E-state index contributed by atoms with van der Waals surface area (Å²) >= 11 is 0. The van der Waals surface area contributed by atoms with Gasteiger partial charge in [0.25, 0.3) is 11.8 Å². The van der Waals surface area contributed by atoms with E-state index in [-0.39, 0.29) is 35.4 Å². The lowest BCUT2D eigenvalue weighted by atomic mass is 10.2. The molecule has 3 aromatic rings. The quantitative estimate of drug-likeness (QED) is 0.529. The number of nitrogens with zero attached hydrogens (tertiary/aromatic N) is 5. The molecule has 0 unspecified atom stereocenters. The minimum absolute atomic E-state index is 0.151. The van der Waals surface area contributed by atoms with Gasteiger partial charge in [-0.25, -0.2) is 9.97 Å². The second kappa shape index (κ2) is 9.65. The van der Waals surface area contributed by atoms with Crippen LogP contribution in [0.25, 0.3) is 0 Å². The number of carbonyl (C=O) groups excluding carboxylic acids is 2. The Morgan fingerprint density at radius 2 is 1.97 bits per heavy atom. The first-order valence-electron chi connectivity index (χ1n) is 10.4. The maximum Gasteiger partial charge on any atom is 0.274 e. The summed E-state index contributed by atoms with van der Waals surface area (Å²) in [7, 11) is 1.75. The Morgan fingerprint density at radius 1 is 1.18 bits per heavy atom. The second-order valence-electron chi connectivity index (χ2n) is 7.62. The molecule has 11 nitrogen and oxygen atoms in total. The summed E-state index contributed by atoms with van der Waals surface area (Å²) in [6, 6.07) is 6.31. The average molecular weight is 452 g/mol. The van der Waals surface area contributed by atoms with Crippen LogP contribution >= 0.6 is 0 Å². The molecule has 0 aliphatic carbocycles. The highest BCUT2D eigenvalue weighted by molar-refractivity contribution is 6.04. The van der Waals surface area contributed by atoms with Crippen molar-refractivity contribution in [2.75, 3.05) is 25.0 Å². The first-order valence-corrected chi connectivity index (χ1v) is 10.4. The fraction of sp³-hybridized carbons (Fsp3) is 0.318. The zero-order valence-corrected chi connectivity index (χ0v) is 18.3. The first kappa shape index (κ1) is 22.2. The van der Waals surface area contributed by atoms with E-state index < -0.39 is 12.0 Å². The van der Waals surface area contributed by atoms with E-state index in [1.54, 1.807) is 41.9 Å². The monoisotopic (exact) mass is 452 g/mol. The predicted molar refractivity (Wildman–Crippen MR) is 117 cm³/mol. The lowest BCUT2D eigenvalue weighted by Crippen LogP contribution is -2.42. The largest absolute Gasteiger partial charge is 0.488 e. The van der Waals surface area contributed by atoms with Crippen LogP contribution in [0, 0.1) is 0 Å². The molecule has 1 aromatic carbocycles. The van der Waals surface area contributed by atoms with Gasteiger partial charge in [0.2, 0.25) is 5.88 Å². The van der Waals surface area contributed by atoms with Crippen LogP contribution in [0.2, 0.25) is 0 Å². The molecule has 2 amide bonds. The minimum Gasteiger partial charge on any atom is -0.488 e. The number of carbonyl (C=O) groups is 2. The van der Waals surface area contributed by atoms with Crippen molar-refractivity contribution in [1.82, 2.24) is 24.6 Å². The van der Waals surface area contributed by atoms with Gasteiger partial charge in [-0.2, -0.15) is 5.10 Å². The summed E-state index contributed by atoms with van der Waals surface area (Å²) in [5, 5.41) is 16.2. The van der Waals surface area contributed by atoms with Gasteiger partial charge in [0.05, 0.1) is 19.0 Å². The topological polar surface area (TPSA) is 132 Å². The van der Waals surface area contributed by atoms with Gasteiger partial charge in [-0.15, -0.1) is 0 Å². The molecule has 1 atom stereocenters. The van der Waals surface area contributed by atoms with Crippen LogP contribution in [0.5, 0.6) is 17.4 Å². The van der Waals surface area contributed by atoms with Gasteiger partial charge in [0.1, 0.15) is 23.3 Å². The molecule has 1 aliphatic rings. The van der Waals surface area contributed by atoms with E-state index in [2.05, 4.69) is 20.4 Å². The molecule has 0 saturated carbocycles. The van der Waals surface area contributed by atoms with Crippen LogP contribution in [0.3, 0.4) is 0 Å². The second-order valence-corrected chi connectivity index (χ2v) is 7.62. The maximum atomic E-state index is 12.8. The van der Waals surface area contributed by atoms with E-state index >= 15 is 0 Å². The van der Waals surface area contributed by atoms with Gasteiger partial charge in [0.15, 0.2) is 5.82 Å². The lowest BCUT2D eigenvalue weighted by molar-refractivity contribution is 0.0645. The lowest BCUT2D eigenvalue weighted by Gasteiger charge is -2.30. The molecule has 2 N–H and O–H groups in total. The molecule has 2 aromatic heterocycles. The van der Waals surface area contributed by atoms with E-state index in [0.717, 1.165) is 19.5 Å². The average Bonchev–Trinajstić information content (AvgIpc) is 3.17. The highest BCUT2D eigenvalue weighted by Gasteiger charge is 2.23. The molecule has 1 fully saturated rings. The number of likely N-dealkylation sites (tertiary alicyclic amines) is 1. The normalized spacial score (nSPS) is 13.7. The number of hydrogen-bond acceptors (Lipinski definition) is 8. The van der Waals surface area contributed by atoms with E-state index in [0.29, 0.717) is 11.6 Å². The van der Waals surface area contributed by atoms with Crippen LogP contribution in [-0.2, 0) is 7.05 Å². The zero-order valence-electron chi connectivity index (χ0n) is 18.3. The molecule has 0 radical (unpaired) electrons. The number of aromatic nitrogens is 4. The highest BCUT2D eigenvalue weighted by Crippen LogP contribution is 2.28. The maximum absolute atomic E-state index is 12.8. The van der Waals surface area contributed by atoms with Crippen LogP contribution in [-0.4, -0.2) is 67.4 Å². The van der Waals surface area contributed by atoms with E-state index in [1.807, 2.05) is 0 Å². The van der Waals surface area contributed by atoms with Crippen LogP contribution in [0.1, 0.15) is 34.2 Å². The molecule has 1 saturated heterocycles. The number of nitrogens with one attached hydrogen (secondary N) is 1. The number of aliphatic hydroxyl groups excluding tert-OH is 1. The summed E-state index contributed by atoms with van der Waals surface area (Å²) in [6.45, 7) is 2.95. The summed E-state index contributed by atoms with van der Waals surface area (Å²) < 4.78 is 13.0. The van der Waals surface area contributed by atoms with Crippen LogP contribution in [0.15, 0.2) is 42.9 Å². The highest BCUT2D eigenvalue weighted by atomic mass is 16.5. The third-order valence-electron chi connectivity index (χ3n) is 4.90. The standard InChI is InChI=1S/C22H24N6O5/c1-14(13-29)32-16-8-15(21(30)25-19-4-7-27(2)26-19)9-17(10-16)33-20-12-23-18(11-24-20)22(31)28-5-3-6-28/h4,7-12,14,29H,3,5-6,13H2,1-2H3,(H,25,26,30)/t14-/m0/s1. The van der Waals surface area contributed by atoms with Gasteiger partial charge < -0.3 is 24.8 Å². The molecule has 33 heavy (non-hydrogen) atoms. The Bertz CT molecular complexity index is 1140. The van der Waals surface area contributed by atoms with Gasteiger partial charge in [-0.05, 0) is 25.5 Å². The Labute approximate surface area is 190 Å². The molecule has 0 spiro atoms. The number of anilines is 1. The predicted octanol–water partition coefficient (Wildman–Crippen LogP) is 1.86. The van der Waals surface area contributed by atoms with Gasteiger partial charge >= 0.3 is 0 Å². The summed E-state index contributed by atoms with van der Waals surface area (Å²) in [4.78, 5) is 35.0. The van der Waals surface area contributed by atoms with E-state index in [9.17, 15) is 14.7 Å². The smallest absolute Gasteiger partial charge is 0.274 e. The third kappa shape index (κ3) is 5.44. The van der Waals surface area contributed by atoms with Crippen LogP contribution < -0.4 is 14.8 Å². The number of amides is 2. The summed E-state index contributed by atoms with van der Waals surface area (Å²) in [5.41, 5.74) is 0.502. The Kier molecular flexibility index (Phi) is 6.50. The molecule has 1 aliphatic heterocycles. The first-order chi connectivity index (χ1) is 15.9. The molecule has 4 rings (SSSR count). The van der Waals surface area contributed by atoms with Crippen molar-refractivity contribution in [2.24, 2.45) is 7.05 Å². The van der Waals surface area contributed by atoms with Gasteiger partial charge in [0, 0.05) is 44.0 Å². The fourth-order valence-electron chi connectivity index (χ4n) is 3.05. The molecule has 11 heteroatoms. The van der Waals surface area contributed by atoms with Crippen molar-refractivity contribution in [2.45, 2.75) is 19.4 Å². The van der Waals surface area contributed by atoms with Crippen molar-refractivity contribution in [1.29, 1.82) is 0 Å². The molecule has 0 bridgehead atoms. The molecular weight excluding hydrogens is 428 g/mol. The van der Waals surface area contributed by atoms with Crippen molar-refractivity contribution < 1.29 is 24.2 Å². The van der Waals surface area contributed by atoms with Gasteiger partial charge in [-0.3, -0.25) is 14.3 Å². The number of benzene rings is 1. The van der Waals surface area contributed by atoms with Crippen LogP contribution in [0.4, 0.5) is 5.82 Å². The number of aryl methyl sites for hydroxylation is 1. The number of ether oxygens (including phenoxy) is 2. The van der Waals surface area contributed by atoms with Crippen molar-refractivity contribution >= 4 is 17.6 Å². The Hall–Kier alpha value is -3.99. The van der Waals surface area contributed by atoms with Gasteiger partial charge in [-0.1, -0.05) is 0 Å². The Balaban J connectivity index is 1.54. The number of hydrogen-bond donors (Lipinski definition) is 2. The van der Waals surface area contributed by atoms with Crippen molar-refractivity contribution in [3.63, 3.8) is 0 Å². The zero-order chi connectivity index (χ0) is 23.4.